The molecule has 1 aromatic heterocycles. The smallest absolute Gasteiger partial charge is 0.330 e. The summed E-state index contributed by atoms with van der Waals surface area (Å²) < 4.78 is 25.0. The largest absolute Gasteiger partial charge is 0.502 e. The lowest BCUT2D eigenvalue weighted by atomic mass is 10.3. The van der Waals surface area contributed by atoms with Crippen LogP contribution in [0.4, 0.5) is 0 Å². The number of hydrogen-bond acceptors (Lipinski definition) is 8. The van der Waals surface area contributed by atoms with Crippen LogP contribution in [0.15, 0.2) is 27.6 Å². The van der Waals surface area contributed by atoms with E-state index in [1.165, 1.54) is 6.08 Å². The van der Waals surface area contributed by atoms with Gasteiger partial charge in [0.1, 0.15) is 18.6 Å². The van der Waals surface area contributed by atoms with Crippen LogP contribution in [-0.4, -0.2) is 57.8 Å². The number of aromatic hydroxyl groups is 1. The van der Waals surface area contributed by atoms with Gasteiger partial charge in [-0.3, -0.25) is 4.79 Å². The molecule has 0 unspecified atom stereocenters. The number of ether oxygens (including phenoxy) is 4. The van der Waals surface area contributed by atoms with Gasteiger partial charge in [0.2, 0.25) is 5.43 Å². The van der Waals surface area contributed by atoms with Crippen molar-refractivity contribution in [2.75, 3.05) is 46.8 Å². The molecular weight excluding hydrogens is 308 g/mol. The Hall–Kier alpha value is -2.16. The lowest BCUT2D eigenvalue weighted by Gasteiger charge is -2.05. The Bertz CT molecular complexity index is 549. The summed E-state index contributed by atoms with van der Waals surface area (Å²) in [5, 5.41) is 9.02. The molecule has 0 atom stereocenters. The Morgan fingerprint density at radius 1 is 1.17 bits per heavy atom. The summed E-state index contributed by atoms with van der Waals surface area (Å²) in [6, 6.07) is 1.06. The van der Waals surface area contributed by atoms with Crippen LogP contribution in [-0.2, 0) is 23.7 Å². The van der Waals surface area contributed by atoms with Gasteiger partial charge in [-0.05, 0) is 6.08 Å². The van der Waals surface area contributed by atoms with Gasteiger partial charge < -0.3 is 28.5 Å². The molecule has 0 aliphatic heterocycles. The fraction of sp³-hybridized carbons (Fsp3) is 0.467. The average molecular weight is 328 g/mol. The zero-order valence-electron chi connectivity index (χ0n) is 12.9. The van der Waals surface area contributed by atoms with Gasteiger partial charge in [-0.15, -0.1) is 0 Å². The van der Waals surface area contributed by atoms with E-state index in [0.29, 0.717) is 26.4 Å². The summed E-state index contributed by atoms with van der Waals surface area (Å²) >= 11 is 0. The van der Waals surface area contributed by atoms with E-state index in [2.05, 4.69) is 0 Å². The second kappa shape index (κ2) is 11.4. The second-order valence-electron chi connectivity index (χ2n) is 4.25. The summed E-state index contributed by atoms with van der Waals surface area (Å²) in [6.45, 7) is 2.23. The molecule has 0 radical (unpaired) electrons. The van der Waals surface area contributed by atoms with Crippen LogP contribution in [0.25, 0.3) is 6.08 Å². The van der Waals surface area contributed by atoms with Crippen molar-refractivity contribution in [3.63, 3.8) is 0 Å². The monoisotopic (exact) mass is 328 g/mol. The zero-order valence-corrected chi connectivity index (χ0v) is 12.9. The van der Waals surface area contributed by atoms with Crippen LogP contribution in [0.3, 0.4) is 0 Å². The summed E-state index contributed by atoms with van der Waals surface area (Å²) in [5.74, 6) is -0.956. The Morgan fingerprint density at radius 2 is 1.83 bits per heavy atom. The molecule has 8 heteroatoms. The summed E-state index contributed by atoms with van der Waals surface area (Å²) in [7, 11) is 1.60. The van der Waals surface area contributed by atoms with Gasteiger partial charge in [-0.25, -0.2) is 4.79 Å². The average Bonchev–Trinajstić information content (AvgIpc) is 2.54. The fourth-order valence-corrected chi connectivity index (χ4v) is 1.37. The Balaban J connectivity index is 2.11. The molecule has 8 nitrogen and oxygen atoms in total. The Labute approximate surface area is 133 Å². The van der Waals surface area contributed by atoms with E-state index >= 15 is 0 Å². The number of methoxy groups -OCH3 is 1. The highest BCUT2D eigenvalue weighted by molar-refractivity contribution is 5.86. The molecule has 0 amide bonds. The van der Waals surface area contributed by atoms with E-state index < -0.39 is 17.1 Å². The molecule has 23 heavy (non-hydrogen) atoms. The van der Waals surface area contributed by atoms with Crippen LogP contribution >= 0.6 is 0 Å². The zero-order chi connectivity index (χ0) is 16.9. The van der Waals surface area contributed by atoms with Crippen molar-refractivity contribution in [2.24, 2.45) is 0 Å². The molecular formula is C15H20O8. The lowest BCUT2D eigenvalue weighted by Crippen LogP contribution is -2.12. The molecule has 0 aliphatic carbocycles. The van der Waals surface area contributed by atoms with Crippen molar-refractivity contribution in [3.05, 3.63) is 34.4 Å². The molecule has 0 fully saturated rings. The summed E-state index contributed by atoms with van der Waals surface area (Å²) in [4.78, 5) is 22.5. The Morgan fingerprint density at radius 3 is 2.48 bits per heavy atom. The minimum Gasteiger partial charge on any atom is -0.502 e. The highest BCUT2D eigenvalue weighted by atomic mass is 16.6. The maximum absolute atomic E-state index is 11.4. The molecule has 0 aromatic carbocycles. The first-order valence-electron chi connectivity index (χ1n) is 6.94. The molecule has 0 spiro atoms. The normalized spacial score (nSPS) is 11.0. The number of hydrogen-bond donors (Lipinski definition) is 1. The van der Waals surface area contributed by atoms with Crippen molar-refractivity contribution in [3.8, 4) is 5.75 Å². The van der Waals surface area contributed by atoms with Gasteiger partial charge in [-0.2, -0.15) is 0 Å². The third-order valence-electron chi connectivity index (χ3n) is 2.49. The van der Waals surface area contributed by atoms with E-state index in [-0.39, 0.29) is 19.0 Å². The minimum absolute atomic E-state index is 0.0980. The lowest BCUT2D eigenvalue weighted by molar-refractivity contribution is -0.139. The summed E-state index contributed by atoms with van der Waals surface area (Å²) in [5.41, 5.74) is -0.592. The SMILES string of the molecule is COCCOCCOCCOC(=O)/C=C/c1cc(=O)c(O)co1. The fourth-order valence-electron chi connectivity index (χ4n) is 1.37. The highest BCUT2D eigenvalue weighted by Gasteiger charge is 2.01. The predicted octanol–water partition coefficient (Wildman–Crippen LogP) is 0.581. The van der Waals surface area contributed by atoms with Crippen LogP contribution < -0.4 is 5.43 Å². The molecule has 1 aromatic rings. The molecule has 0 bridgehead atoms. The van der Waals surface area contributed by atoms with E-state index in [4.69, 9.17) is 28.5 Å². The maximum Gasteiger partial charge on any atom is 0.330 e. The van der Waals surface area contributed by atoms with Gasteiger partial charge in [0.15, 0.2) is 5.75 Å². The number of carbonyl (C=O) groups excluding carboxylic acids is 1. The Kier molecular flexibility index (Phi) is 9.37. The molecule has 1 heterocycles. The molecule has 0 saturated heterocycles. The van der Waals surface area contributed by atoms with E-state index in [0.717, 1.165) is 18.4 Å². The van der Waals surface area contributed by atoms with Gasteiger partial charge >= 0.3 is 5.97 Å². The second-order valence-corrected chi connectivity index (χ2v) is 4.25. The predicted molar refractivity (Wildman–Crippen MR) is 80.1 cm³/mol. The van der Waals surface area contributed by atoms with Crippen molar-refractivity contribution in [1.82, 2.24) is 0 Å². The van der Waals surface area contributed by atoms with Gasteiger partial charge in [0, 0.05) is 19.3 Å². The quantitative estimate of drug-likeness (QED) is 0.357. The molecule has 1 rings (SSSR count). The third kappa shape index (κ3) is 8.77. The summed E-state index contributed by atoms with van der Waals surface area (Å²) in [6.07, 6.45) is 3.28. The van der Waals surface area contributed by atoms with E-state index in [1.54, 1.807) is 7.11 Å². The topological polar surface area (TPSA) is 104 Å². The first kappa shape index (κ1) is 18.9. The van der Waals surface area contributed by atoms with Crippen LogP contribution in [0, 0.1) is 0 Å². The molecule has 128 valence electrons. The van der Waals surface area contributed by atoms with Crippen LogP contribution in [0.5, 0.6) is 5.75 Å². The van der Waals surface area contributed by atoms with Gasteiger partial charge in [0.05, 0.1) is 33.0 Å². The van der Waals surface area contributed by atoms with Crippen molar-refractivity contribution >= 4 is 12.0 Å². The first-order chi connectivity index (χ1) is 11.1. The highest BCUT2D eigenvalue weighted by Crippen LogP contribution is 2.05. The minimum atomic E-state index is -0.597. The van der Waals surface area contributed by atoms with E-state index in [1.807, 2.05) is 0 Å². The standard InChI is InChI=1S/C15H20O8/c1-19-4-5-20-6-7-21-8-9-22-15(18)3-2-12-10-13(16)14(17)11-23-12/h2-3,10-11,17H,4-9H2,1H3/b3-2+. The van der Waals surface area contributed by atoms with Crippen molar-refractivity contribution < 1.29 is 33.3 Å². The number of carbonyl (C=O) groups is 1. The van der Waals surface area contributed by atoms with Crippen LogP contribution in [0.1, 0.15) is 5.76 Å². The maximum atomic E-state index is 11.4. The van der Waals surface area contributed by atoms with E-state index in [9.17, 15) is 9.59 Å². The number of esters is 1. The number of rotatable bonds is 11. The van der Waals surface area contributed by atoms with Crippen LogP contribution in [0.2, 0.25) is 0 Å². The molecule has 0 aliphatic rings. The van der Waals surface area contributed by atoms with Crippen molar-refractivity contribution in [2.45, 2.75) is 0 Å². The van der Waals surface area contributed by atoms with Gasteiger partial charge in [0.25, 0.3) is 0 Å². The third-order valence-corrected chi connectivity index (χ3v) is 2.49. The first-order valence-corrected chi connectivity index (χ1v) is 6.94. The molecule has 1 N–H and O–H groups in total. The van der Waals surface area contributed by atoms with Gasteiger partial charge in [-0.1, -0.05) is 0 Å². The molecule has 0 saturated carbocycles. The van der Waals surface area contributed by atoms with Crippen molar-refractivity contribution in [1.29, 1.82) is 0 Å².